The lowest BCUT2D eigenvalue weighted by Crippen LogP contribution is -2.03. The summed E-state index contributed by atoms with van der Waals surface area (Å²) in [6.45, 7) is 4.71. The molecule has 26 heavy (non-hydrogen) atoms. The number of hydrogen-bond acceptors (Lipinski definition) is 2. The Balaban J connectivity index is 1.90. The molecule has 0 radical (unpaired) electrons. The Kier molecular flexibility index (Phi) is 6.02. The van der Waals surface area contributed by atoms with Crippen molar-refractivity contribution in [3.05, 3.63) is 64.7 Å². The molecule has 0 bridgehead atoms. The zero-order chi connectivity index (χ0) is 18.5. The first-order valence-corrected chi connectivity index (χ1v) is 9.40. The summed E-state index contributed by atoms with van der Waals surface area (Å²) in [7, 11) is 0. The van der Waals surface area contributed by atoms with Crippen molar-refractivity contribution in [3.8, 4) is 5.75 Å². The van der Waals surface area contributed by atoms with Crippen molar-refractivity contribution in [2.24, 2.45) is 4.99 Å². The molecule has 0 spiro atoms. The SMILES string of the molecule is CCCCc1ccc(C2CCC(c3c(F)cccc3F)=N2)c(OCC)c1. The Hall–Kier alpha value is -2.23. The highest BCUT2D eigenvalue weighted by molar-refractivity contribution is 6.02. The van der Waals surface area contributed by atoms with Gasteiger partial charge in [-0.25, -0.2) is 8.78 Å². The van der Waals surface area contributed by atoms with Crippen LogP contribution in [0.25, 0.3) is 0 Å². The Labute approximate surface area is 153 Å². The van der Waals surface area contributed by atoms with Gasteiger partial charge in [0.1, 0.15) is 17.4 Å². The molecule has 1 unspecified atom stereocenters. The molecular weight excluding hydrogens is 332 g/mol. The minimum atomic E-state index is -0.552. The molecule has 0 fully saturated rings. The number of ether oxygens (including phenoxy) is 1. The summed E-state index contributed by atoms with van der Waals surface area (Å²) >= 11 is 0. The van der Waals surface area contributed by atoms with Crippen LogP contribution in [-0.2, 0) is 6.42 Å². The molecule has 0 aliphatic carbocycles. The molecule has 2 aromatic carbocycles. The number of hydrogen-bond donors (Lipinski definition) is 0. The van der Waals surface area contributed by atoms with E-state index in [1.165, 1.54) is 23.8 Å². The number of halogens is 2. The monoisotopic (exact) mass is 357 g/mol. The summed E-state index contributed by atoms with van der Waals surface area (Å²) in [5.41, 5.74) is 2.76. The predicted octanol–water partition coefficient (Wildman–Crippen LogP) is 6.03. The van der Waals surface area contributed by atoms with Gasteiger partial charge in [-0.05, 0) is 56.4 Å². The van der Waals surface area contributed by atoms with Crippen LogP contribution in [0.2, 0.25) is 0 Å². The van der Waals surface area contributed by atoms with E-state index in [-0.39, 0.29) is 11.6 Å². The van der Waals surface area contributed by atoms with Gasteiger partial charge in [-0.15, -0.1) is 0 Å². The third-order valence-electron chi connectivity index (χ3n) is 4.77. The van der Waals surface area contributed by atoms with E-state index in [4.69, 9.17) is 4.74 Å². The molecule has 2 aromatic rings. The smallest absolute Gasteiger partial charge is 0.135 e. The average Bonchev–Trinajstić information content (AvgIpc) is 3.09. The number of aliphatic imine (C=N–C) groups is 1. The fourth-order valence-electron chi connectivity index (χ4n) is 3.45. The number of unbranched alkanes of at least 4 members (excludes halogenated alkanes) is 1. The van der Waals surface area contributed by atoms with Gasteiger partial charge in [0.2, 0.25) is 0 Å². The van der Waals surface area contributed by atoms with Crippen molar-refractivity contribution in [2.45, 2.75) is 52.0 Å². The van der Waals surface area contributed by atoms with Gasteiger partial charge in [0.05, 0.1) is 18.2 Å². The molecule has 1 aliphatic heterocycles. The van der Waals surface area contributed by atoms with Gasteiger partial charge in [0, 0.05) is 11.3 Å². The molecule has 0 aromatic heterocycles. The lowest BCUT2D eigenvalue weighted by molar-refractivity contribution is 0.333. The van der Waals surface area contributed by atoms with Crippen LogP contribution in [0.3, 0.4) is 0 Å². The van der Waals surface area contributed by atoms with Gasteiger partial charge < -0.3 is 4.74 Å². The summed E-state index contributed by atoms with van der Waals surface area (Å²) < 4.78 is 34.0. The van der Waals surface area contributed by atoms with E-state index in [1.807, 2.05) is 6.92 Å². The van der Waals surface area contributed by atoms with Crippen molar-refractivity contribution in [1.29, 1.82) is 0 Å². The van der Waals surface area contributed by atoms with Crippen LogP contribution >= 0.6 is 0 Å². The van der Waals surface area contributed by atoms with E-state index in [2.05, 4.69) is 30.1 Å². The van der Waals surface area contributed by atoms with Gasteiger partial charge in [0.25, 0.3) is 0 Å². The fraction of sp³-hybridized carbons (Fsp3) is 0.409. The highest BCUT2D eigenvalue weighted by atomic mass is 19.1. The van der Waals surface area contributed by atoms with E-state index >= 15 is 0 Å². The molecule has 138 valence electrons. The van der Waals surface area contributed by atoms with Crippen LogP contribution in [-0.4, -0.2) is 12.3 Å². The Morgan fingerprint density at radius 3 is 2.58 bits per heavy atom. The van der Waals surface area contributed by atoms with Gasteiger partial charge in [-0.1, -0.05) is 31.5 Å². The number of nitrogens with zero attached hydrogens (tertiary/aromatic N) is 1. The van der Waals surface area contributed by atoms with E-state index in [1.54, 1.807) is 0 Å². The fourth-order valence-corrected chi connectivity index (χ4v) is 3.45. The molecule has 0 saturated carbocycles. The van der Waals surface area contributed by atoms with E-state index in [0.29, 0.717) is 18.7 Å². The molecule has 3 rings (SSSR count). The third kappa shape index (κ3) is 3.95. The second kappa shape index (κ2) is 8.43. The van der Waals surface area contributed by atoms with Crippen LogP contribution in [0, 0.1) is 11.6 Å². The first-order valence-electron chi connectivity index (χ1n) is 9.40. The number of rotatable bonds is 7. The molecule has 4 heteroatoms. The molecule has 2 nitrogen and oxygen atoms in total. The quantitative estimate of drug-likeness (QED) is 0.593. The van der Waals surface area contributed by atoms with E-state index in [0.717, 1.165) is 37.0 Å². The number of aryl methyl sites for hydroxylation is 1. The van der Waals surface area contributed by atoms with Crippen LogP contribution < -0.4 is 4.74 Å². The standard InChI is InChI=1S/C22H25F2NO/c1-3-5-7-15-10-11-16(21(14-15)26-4-2)19-12-13-20(25-19)22-17(23)8-6-9-18(22)24/h6,8-11,14,19H,3-5,7,12-13H2,1-2H3. The van der Waals surface area contributed by atoms with Crippen LogP contribution in [0.4, 0.5) is 8.78 Å². The molecule has 1 heterocycles. The van der Waals surface area contributed by atoms with Crippen LogP contribution in [0.15, 0.2) is 41.4 Å². The minimum absolute atomic E-state index is 0.00697. The predicted molar refractivity (Wildman–Crippen MR) is 101 cm³/mol. The Morgan fingerprint density at radius 1 is 1.12 bits per heavy atom. The van der Waals surface area contributed by atoms with Crippen molar-refractivity contribution in [3.63, 3.8) is 0 Å². The topological polar surface area (TPSA) is 21.6 Å². The zero-order valence-corrected chi connectivity index (χ0v) is 15.4. The first-order chi connectivity index (χ1) is 12.6. The van der Waals surface area contributed by atoms with Crippen molar-refractivity contribution in [1.82, 2.24) is 0 Å². The second-order valence-electron chi connectivity index (χ2n) is 6.64. The summed E-state index contributed by atoms with van der Waals surface area (Å²) in [4.78, 5) is 4.64. The summed E-state index contributed by atoms with van der Waals surface area (Å²) in [6.07, 6.45) is 4.61. The van der Waals surface area contributed by atoms with Crippen molar-refractivity contribution >= 4 is 5.71 Å². The Bertz CT molecular complexity index is 780. The average molecular weight is 357 g/mol. The Morgan fingerprint density at radius 2 is 1.88 bits per heavy atom. The molecule has 1 atom stereocenters. The zero-order valence-electron chi connectivity index (χ0n) is 15.4. The van der Waals surface area contributed by atoms with Gasteiger partial charge >= 0.3 is 0 Å². The molecule has 0 N–H and O–H groups in total. The maximum Gasteiger partial charge on any atom is 0.135 e. The molecular formula is C22H25F2NO. The summed E-state index contributed by atoms with van der Waals surface area (Å²) in [5, 5.41) is 0. The highest BCUT2D eigenvalue weighted by Gasteiger charge is 2.26. The lowest BCUT2D eigenvalue weighted by Gasteiger charge is -2.15. The number of benzene rings is 2. The van der Waals surface area contributed by atoms with Crippen molar-refractivity contribution < 1.29 is 13.5 Å². The van der Waals surface area contributed by atoms with Gasteiger partial charge in [-0.2, -0.15) is 0 Å². The molecule has 0 saturated heterocycles. The van der Waals surface area contributed by atoms with Crippen molar-refractivity contribution in [2.75, 3.05) is 6.61 Å². The van der Waals surface area contributed by atoms with Gasteiger partial charge in [0.15, 0.2) is 0 Å². The summed E-state index contributed by atoms with van der Waals surface area (Å²) in [6, 6.07) is 10.1. The van der Waals surface area contributed by atoms with Gasteiger partial charge in [-0.3, -0.25) is 4.99 Å². The molecule has 0 amide bonds. The second-order valence-corrected chi connectivity index (χ2v) is 6.64. The maximum absolute atomic E-state index is 14.1. The normalized spacial score (nSPS) is 16.6. The maximum atomic E-state index is 14.1. The third-order valence-corrected chi connectivity index (χ3v) is 4.77. The largest absolute Gasteiger partial charge is 0.494 e. The first kappa shape index (κ1) is 18.6. The van der Waals surface area contributed by atoms with Crippen LogP contribution in [0.1, 0.15) is 62.3 Å². The highest BCUT2D eigenvalue weighted by Crippen LogP contribution is 2.37. The summed E-state index contributed by atoms with van der Waals surface area (Å²) in [5.74, 6) is -0.265. The van der Waals surface area contributed by atoms with E-state index < -0.39 is 11.6 Å². The molecule has 1 aliphatic rings. The van der Waals surface area contributed by atoms with Crippen LogP contribution in [0.5, 0.6) is 5.75 Å². The van der Waals surface area contributed by atoms with E-state index in [9.17, 15) is 8.78 Å². The lowest BCUT2D eigenvalue weighted by atomic mass is 9.99. The minimum Gasteiger partial charge on any atom is -0.494 e.